The summed E-state index contributed by atoms with van der Waals surface area (Å²) in [4.78, 5) is 0. The molecule has 0 nitrogen and oxygen atoms in total. The van der Waals surface area contributed by atoms with Crippen molar-refractivity contribution >= 4 is 12.7 Å². The second kappa shape index (κ2) is 8.60. The summed E-state index contributed by atoms with van der Waals surface area (Å²) in [6, 6.07) is 16.0. The molecular weight excluding hydrogens is 349 g/mol. The number of halogens is 2. The van der Waals surface area contributed by atoms with E-state index in [9.17, 15) is 8.78 Å². The standard InChI is InChI=1S/C25H18BF2/c1-17-4-11-21(18(2)14-17)12-9-19-5-7-20(8-6-19)10-13-23-24(27)15-22(26-3)16-25(23)28/h4-8,11,14-16H,1-3H3. The van der Waals surface area contributed by atoms with E-state index in [-0.39, 0.29) is 5.56 Å². The third-order valence-electron chi connectivity index (χ3n) is 4.34. The minimum absolute atomic E-state index is 0.218. The van der Waals surface area contributed by atoms with Gasteiger partial charge in [0.05, 0.1) is 5.56 Å². The fraction of sp³-hybridized carbons (Fsp3) is 0.120. The Kier molecular flexibility index (Phi) is 5.98. The van der Waals surface area contributed by atoms with Gasteiger partial charge in [0, 0.05) is 16.7 Å². The van der Waals surface area contributed by atoms with Crippen LogP contribution in [0.3, 0.4) is 0 Å². The van der Waals surface area contributed by atoms with Crippen LogP contribution in [-0.2, 0) is 0 Å². The Hall–Kier alpha value is -3.30. The Morgan fingerprint density at radius 1 is 0.714 bits per heavy atom. The second-order valence-corrected chi connectivity index (χ2v) is 6.54. The van der Waals surface area contributed by atoms with E-state index in [4.69, 9.17) is 0 Å². The lowest BCUT2D eigenvalue weighted by Crippen LogP contribution is -2.13. The molecule has 3 aromatic carbocycles. The lowest BCUT2D eigenvalue weighted by atomic mass is 9.73. The Labute approximate surface area is 165 Å². The maximum Gasteiger partial charge on any atom is 0.148 e. The minimum Gasteiger partial charge on any atom is -0.206 e. The van der Waals surface area contributed by atoms with E-state index in [2.05, 4.69) is 36.7 Å². The molecule has 0 aliphatic heterocycles. The third kappa shape index (κ3) is 4.70. The summed E-state index contributed by atoms with van der Waals surface area (Å²) in [5.41, 5.74) is 5.14. The van der Waals surface area contributed by atoms with Crippen molar-refractivity contribution in [2.75, 3.05) is 0 Å². The monoisotopic (exact) mass is 367 g/mol. The molecule has 0 N–H and O–H groups in total. The van der Waals surface area contributed by atoms with E-state index in [1.54, 1.807) is 26.2 Å². The van der Waals surface area contributed by atoms with Gasteiger partial charge >= 0.3 is 0 Å². The van der Waals surface area contributed by atoms with Crippen molar-refractivity contribution in [1.82, 2.24) is 0 Å². The Morgan fingerprint density at radius 2 is 1.29 bits per heavy atom. The molecule has 0 fully saturated rings. The van der Waals surface area contributed by atoms with Gasteiger partial charge in [-0.1, -0.05) is 53.7 Å². The molecule has 0 spiro atoms. The van der Waals surface area contributed by atoms with Crippen LogP contribution in [0.1, 0.15) is 33.4 Å². The normalized spacial score (nSPS) is 9.75. The van der Waals surface area contributed by atoms with Crippen LogP contribution >= 0.6 is 0 Å². The summed E-state index contributed by atoms with van der Waals surface area (Å²) in [5.74, 6) is 10.4. The molecule has 0 aromatic heterocycles. The van der Waals surface area contributed by atoms with Gasteiger partial charge in [0.25, 0.3) is 0 Å². The van der Waals surface area contributed by atoms with Gasteiger partial charge in [0.2, 0.25) is 0 Å². The Morgan fingerprint density at radius 3 is 1.82 bits per heavy atom. The molecule has 135 valence electrons. The third-order valence-corrected chi connectivity index (χ3v) is 4.34. The Balaban J connectivity index is 1.80. The van der Waals surface area contributed by atoms with E-state index >= 15 is 0 Å². The zero-order valence-electron chi connectivity index (χ0n) is 16.0. The quantitative estimate of drug-likeness (QED) is 0.430. The summed E-state index contributed by atoms with van der Waals surface area (Å²) < 4.78 is 28.0. The number of hydrogen-bond acceptors (Lipinski definition) is 0. The lowest BCUT2D eigenvalue weighted by molar-refractivity contribution is 0.579. The van der Waals surface area contributed by atoms with Crippen LogP contribution in [0.15, 0.2) is 54.6 Å². The Bertz CT molecular complexity index is 1110. The summed E-state index contributed by atoms with van der Waals surface area (Å²) in [6.07, 6.45) is 0. The highest BCUT2D eigenvalue weighted by atomic mass is 19.1. The van der Waals surface area contributed by atoms with Crippen LogP contribution in [0.4, 0.5) is 8.78 Å². The number of rotatable bonds is 1. The predicted molar refractivity (Wildman–Crippen MR) is 112 cm³/mol. The van der Waals surface area contributed by atoms with Gasteiger partial charge in [0.1, 0.15) is 18.9 Å². The molecule has 28 heavy (non-hydrogen) atoms. The van der Waals surface area contributed by atoms with Crippen molar-refractivity contribution in [3.05, 3.63) is 99.6 Å². The fourth-order valence-corrected chi connectivity index (χ4v) is 2.74. The summed E-state index contributed by atoms with van der Waals surface area (Å²) >= 11 is 0. The largest absolute Gasteiger partial charge is 0.206 e. The molecule has 3 rings (SSSR count). The molecule has 3 aromatic rings. The highest BCUT2D eigenvalue weighted by Crippen LogP contribution is 2.11. The van der Waals surface area contributed by atoms with Gasteiger partial charge in [-0.2, -0.15) is 0 Å². The average Bonchev–Trinajstić information content (AvgIpc) is 2.67. The van der Waals surface area contributed by atoms with Crippen molar-refractivity contribution < 1.29 is 8.78 Å². The van der Waals surface area contributed by atoms with Gasteiger partial charge in [-0.05, 0) is 61.9 Å². The number of benzene rings is 3. The van der Waals surface area contributed by atoms with Crippen molar-refractivity contribution in [3.63, 3.8) is 0 Å². The van der Waals surface area contributed by atoms with E-state index in [0.717, 1.165) is 16.7 Å². The van der Waals surface area contributed by atoms with Crippen LogP contribution in [0.2, 0.25) is 6.82 Å². The summed E-state index contributed by atoms with van der Waals surface area (Å²) in [6.45, 7) is 5.82. The van der Waals surface area contributed by atoms with Crippen LogP contribution in [0.25, 0.3) is 0 Å². The average molecular weight is 367 g/mol. The molecule has 0 amide bonds. The maximum absolute atomic E-state index is 14.0. The first-order valence-corrected chi connectivity index (χ1v) is 8.96. The molecule has 0 heterocycles. The molecule has 0 unspecified atom stereocenters. The molecular formula is C25H18BF2. The zero-order chi connectivity index (χ0) is 20.1. The highest BCUT2D eigenvalue weighted by Gasteiger charge is 2.08. The van der Waals surface area contributed by atoms with E-state index in [1.165, 1.54) is 17.7 Å². The number of aryl methyl sites for hydroxylation is 2. The summed E-state index contributed by atoms with van der Waals surface area (Å²) in [5, 5.41) is 0. The smallest absolute Gasteiger partial charge is 0.148 e. The topological polar surface area (TPSA) is 0 Å². The second-order valence-electron chi connectivity index (χ2n) is 6.54. The van der Waals surface area contributed by atoms with Gasteiger partial charge in [-0.15, -0.1) is 0 Å². The molecule has 0 aliphatic carbocycles. The van der Waals surface area contributed by atoms with E-state index in [0.29, 0.717) is 11.0 Å². The first-order chi connectivity index (χ1) is 13.5. The van der Waals surface area contributed by atoms with Crippen LogP contribution in [0.5, 0.6) is 0 Å². The summed E-state index contributed by atoms with van der Waals surface area (Å²) in [7, 11) is 1.64. The molecule has 0 atom stereocenters. The first kappa shape index (κ1) is 19.5. The van der Waals surface area contributed by atoms with Gasteiger partial charge in [-0.25, -0.2) is 8.78 Å². The zero-order valence-corrected chi connectivity index (χ0v) is 16.0. The minimum atomic E-state index is -0.656. The molecule has 0 saturated heterocycles. The van der Waals surface area contributed by atoms with E-state index < -0.39 is 11.6 Å². The van der Waals surface area contributed by atoms with Gasteiger partial charge < -0.3 is 0 Å². The van der Waals surface area contributed by atoms with Crippen molar-refractivity contribution in [2.24, 2.45) is 0 Å². The van der Waals surface area contributed by atoms with Crippen molar-refractivity contribution in [3.8, 4) is 23.7 Å². The molecule has 0 saturated carbocycles. The molecule has 0 bridgehead atoms. The van der Waals surface area contributed by atoms with Crippen LogP contribution in [0, 0.1) is 49.2 Å². The van der Waals surface area contributed by atoms with Crippen molar-refractivity contribution in [2.45, 2.75) is 20.7 Å². The van der Waals surface area contributed by atoms with E-state index in [1.807, 2.05) is 31.2 Å². The first-order valence-electron chi connectivity index (χ1n) is 8.96. The van der Waals surface area contributed by atoms with Gasteiger partial charge in [-0.3, -0.25) is 0 Å². The predicted octanol–water partition coefficient (Wildman–Crippen LogP) is 4.76. The maximum atomic E-state index is 14.0. The SMILES string of the molecule is C[B]c1cc(F)c(C#Cc2ccc(C#Cc3ccc(C)cc3C)cc2)c(F)c1. The van der Waals surface area contributed by atoms with Crippen molar-refractivity contribution in [1.29, 1.82) is 0 Å². The number of hydrogen-bond donors (Lipinski definition) is 0. The lowest BCUT2D eigenvalue weighted by Gasteiger charge is -2.01. The van der Waals surface area contributed by atoms with Crippen LogP contribution < -0.4 is 5.46 Å². The fourth-order valence-electron chi connectivity index (χ4n) is 2.74. The van der Waals surface area contributed by atoms with Crippen LogP contribution in [-0.4, -0.2) is 7.28 Å². The van der Waals surface area contributed by atoms with Gasteiger partial charge in [0.15, 0.2) is 0 Å². The molecule has 3 heteroatoms. The molecule has 0 aliphatic rings. The highest BCUT2D eigenvalue weighted by molar-refractivity contribution is 6.51. The molecule has 1 radical (unpaired) electrons.